The second-order valence-corrected chi connectivity index (χ2v) is 18.7. The number of carbonyl (C=O) groups excluding carboxylic acids is 2. The van der Waals surface area contributed by atoms with Gasteiger partial charge in [0.25, 0.3) is 0 Å². The summed E-state index contributed by atoms with van der Waals surface area (Å²) in [5.74, 6) is 1.22. The van der Waals surface area contributed by atoms with Crippen molar-refractivity contribution in [2.24, 2.45) is 0 Å². The quantitative estimate of drug-likeness (QED) is 0.0351. The molecule has 0 bridgehead atoms. The second-order valence-electron chi connectivity index (χ2n) is 15.8. The van der Waals surface area contributed by atoms with Gasteiger partial charge in [0, 0.05) is 24.3 Å². The van der Waals surface area contributed by atoms with Crippen molar-refractivity contribution in [3.05, 3.63) is 155 Å². The lowest BCUT2D eigenvalue weighted by atomic mass is 9.80. The fourth-order valence-corrected chi connectivity index (χ4v) is 11.5. The molecular formula is C53H50O4S2. The SMILES string of the molecule is O=C(CCCc1ccc2c3c4c(ccc13)C=CCC4=CC2)OCCSC(CCc1ccccc1)SCCOC(=O)CCCc1ccc2ccc3cccc4ccc1c2c34. The third kappa shape index (κ3) is 8.95. The Balaban J connectivity index is 0.710. The Kier molecular flexibility index (Phi) is 12.3. The van der Waals surface area contributed by atoms with Crippen molar-refractivity contribution in [3.8, 4) is 0 Å². The Morgan fingerprint density at radius 2 is 1.22 bits per heavy atom. The van der Waals surface area contributed by atoms with E-state index < -0.39 is 0 Å². The van der Waals surface area contributed by atoms with Crippen molar-refractivity contribution in [3.63, 3.8) is 0 Å². The van der Waals surface area contributed by atoms with E-state index in [1.165, 1.54) is 82.0 Å². The molecule has 0 amide bonds. The van der Waals surface area contributed by atoms with Crippen LogP contribution in [0.4, 0.5) is 0 Å². The number of ether oxygens (including phenoxy) is 2. The summed E-state index contributed by atoms with van der Waals surface area (Å²) in [7, 11) is 0. The average Bonchev–Trinajstić information content (AvgIpc) is 3.27. The van der Waals surface area contributed by atoms with Crippen molar-refractivity contribution in [1.82, 2.24) is 0 Å². The normalized spacial score (nSPS) is 13.7. The Hall–Kier alpha value is -5.04. The molecule has 2 aliphatic carbocycles. The molecular weight excluding hydrogens is 765 g/mol. The minimum atomic E-state index is -0.134. The summed E-state index contributed by atoms with van der Waals surface area (Å²) >= 11 is 3.66. The summed E-state index contributed by atoms with van der Waals surface area (Å²) in [5.41, 5.74) is 9.49. The zero-order valence-corrected chi connectivity index (χ0v) is 35.2. The maximum Gasteiger partial charge on any atom is 0.305 e. The van der Waals surface area contributed by atoms with Crippen LogP contribution in [0.5, 0.6) is 0 Å². The van der Waals surface area contributed by atoms with E-state index >= 15 is 0 Å². The van der Waals surface area contributed by atoms with Crippen LogP contribution < -0.4 is 0 Å². The molecule has 7 aromatic rings. The predicted octanol–water partition coefficient (Wildman–Crippen LogP) is 13.0. The van der Waals surface area contributed by atoms with Gasteiger partial charge in [-0.25, -0.2) is 0 Å². The van der Waals surface area contributed by atoms with Crippen LogP contribution in [0.25, 0.3) is 54.7 Å². The van der Waals surface area contributed by atoms with Gasteiger partial charge in [-0.3, -0.25) is 9.59 Å². The van der Waals surface area contributed by atoms with Gasteiger partial charge in [0.2, 0.25) is 0 Å². The van der Waals surface area contributed by atoms with Crippen molar-refractivity contribution >= 4 is 90.2 Å². The lowest BCUT2D eigenvalue weighted by Gasteiger charge is -2.24. The third-order valence-corrected chi connectivity index (χ3v) is 14.8. The van der Waals surface area contributed by atoms with Crippen LogP contribution >= 0.6 is 23.5 Å². The molecule has 9 rings (SSSR count). The fraction of sp³-hybridized carbons (Fsp3) is 0.283. The molecule has 7 aromatic carbocycles. The minimum Gasteiger partial charge on any atom is -0.465 e. The first-order valence-electron chi connectivity index (χ1n) is 21.3. The topological polar surface area (TPSA) is 52.6 Å². The maximum absolute atomic E-state index is 12.8. The maximum atomic E-state index is 12.8. The number of thioether (sulfide) groups is 2. The lowest BCUT2D eigenvalue weighted by molar-refractivity contribution is -0.144. The first-order chi connectivity index (χ1) is 29.1. The van der Waals surface area contributed by atoms with Gasteiger partial charge in [-0.1, -0.05) is 127 Å². The summed E-state index contributed by atoms with van der Waals surface area (Å²) < 4.78 is 11.7. The van der Waals surface area contributed by atoms with Crippen LogP contribution in [0, 0.1) is 0 Å². The van der Waals surface area contributed by atoms with Crippen LogP contribution in [0.15, 0.2) is 121 Å². The molecule has 0 fully saturated rings. The summed E-state index contributed by atoms with van der Waals surface area (Å²) in [6.45, 7) is 0.800. The van der Waals surface area contributed by atoms with Crippen molar-refractivity contribution in [2.45, 2.75) is 68.8 Å². The van der Waals surface area contributed by atoms with E-state index in [4.69, 9.17) is 9.47 Å². The molecule has 0 aromatic heterocycles. The van der Waals surface area contributed by atoms with Crippen LogP contribution in [0.2, 0.25) is 0 Å². The highest BCUT2D eigenvalue weighted by atomic mass is 32.2. The zero-order valence-electron chi connectivity index (χ0n) is 33.6. The van der Waals surface area contributed by atoms with Crippen molar-refractivity contribution in [2.75, 3.05) is 24.7 Å². The Morgan fingerprint density at radius 1 is 0.593 bits per heavy atom. The Labute approximate surface area is 355 Å². The molecule has 0 heterocycles. The van der Waals surface area contributed by atoms with Crippen LogP contribution in [0.1, 0.15) is 71.9 Å². The van der Waals surface area contributed by atoms with E-state index in [2.05, 4.69) is 121 Å². The Morgan fingerprint density at radius 3 is 1.95 bits per heavy atom. The van der Waals surface area contributed by atoms with E-state index in [1.54, 1.807) is 0 Å². The average molecular weight is 815 g/mol. The van der Waals surface area contributed by atoms with Gasteiger partial charge in [0.15, 0.2) is 0 Å². The second kappa shape index (κ2) is 18.5. The van der Waals surface area contributed by atoms with Gasteiger partial charge < -0.3 is 9.47 Å². The fourth-order valence-electron chi connectivity index (χ4n) is 9.12. The predicted molar refractivity (Wildman–Crippen MR) is 251 cm³/mol. The molecule has 2 aliphatic rings. The van der Waals surface area contributed by atoms with Gasteiger partial charge in [0.05, 0.1) is 4.58 Å². The van der Waals surface area contributed by atoms with Gasteiger partial charge in [-0.15, -0.1) is 23.5 Å². The van der Waals surface area contributed by atoms with E-state index in [-0.39, 0.29) is 11.9 Å². The van der Waals surface area contributed by atoms with Gasteiger partial charge in [0.1, 0.15) is 13.2 Å². The monoisotopic (exact) mass is 814 g/mol. The van der Waals surface area contributed by atoms with Gasteiger partial charge in [-0.05, 0) is 133 Å². The molecule has 0 radical (unpaired) electrons. The first-order valence-corrected chi connectivity index (χ1v) is 23.4. The largest absolute Gasteiger partial charge is 0.465 e. The first kappa shape index (κ1) is 39.4. The number of hydrogen-bond donors (Lipinski definition) is 0. The zero-order chi connectivity index (χ0) is 40.0. The molecule has 0 saturated carbocycles. The van der Waals surface area contributed by atoms with Crippen LogP contribution in [0.3, 0.4) is 0 Å². The van der Waals surface area contributed by atoms with E-state index in [1.807, 2.05) is 29.6 Å². The van der Waals surface area contributed by atoms with Gasteiger partial charge >= 0.3 is 11.9 Å². The molecule has 0 saturated heterocycles. The summed E-state index contributed by atoms with van der Waals surface area (Å²) in [6.07, 6.45) is 14.9. The summed E-state index contributed by atoms with van der Waals surface area (Å²) in [5, 5.41) is 10.5. The highest BCUT2D eigenvalue weighted by molar-refractivity contribution is 8.17. The van der Waals surface area contributed by atoms with Crippen LogP contribution in [-0.2, 0) is 44.7 Å². The van der Waals surface area contributed by atoms with E-state index in [0.717, 1.165) is 62.9 Å². The van der Waals surface area contributed by atoms with E-state index in [9.17, 15) is 9.59 Å². The van der Waals surface area contributed by atoms with Crippen LogP contribution in [-0.4, -0.2) is 41.2 Å². The highest BCUT2D eigenvalue weighted by Gasteiger charge is 2.21. The molecule has 6 heteroatoms. The molecule has 0 aliphatic heterocycles. The number of rotatable bonds is 19. The number of allylic oxidation sites excluding steroid dienone is 3. The Bertz CT molecular complexity index is 2660. The molecule has 4 nitrogen and oxygen atoms in total. The van der Waals surface area contributed by atoms with Crippen molar-refractivity contribution < 1.29 is 19.1 Å². The van der Waals surface area contributed by atoms with Crippen molar-refractivity contribution in [1.29, 1.82) is 0 Å². The number of aryl methyl sites for hydroxylation is 3. The molecule has 1 unspecified atom stereocenters. The number of benzene rings is 7. The van der Waals surface area contributed by atoms with Gasteiger partial charge in [-0.2, -0.15) is 0 Å². The molecule has 298 valence electrons. The molecule has 0 N–H and O–H groups in total. The molecule has 1 atom stereocenters. The highest BCUT2D eigenvalue weighted by Crippen LogP contribution is 2.42. The third-order valence-electron chi connectivity index (χ3n) is 12.0. The molecule has 59 heavy (non-hydrogen) atoms. The summed E-state index contributed by atoms with van der Waals surface area (Å²) in [4.78, 5) is 25.6. The van der Waals surface area contributed by atoms with E-state index in [0.29, 0.717) is 30.6 Å². The molecule has 0 spiro atoms. The minimum absolute atomic E-state index is 0.125. The number of hydrogen-bond acceptors (Lipinski definition) is 6. The standard InChI is InChI=1S/C53H50O4S2/c54-47(16-6-10-37-19-21-43-25-23-39-12-4-14-41-27-29-45(37)52(43)50(39)41)56-32-34-58-49(31-18-36-8-2-1-3-9-36)59-35-33-57-48(55)17-7-11-38-20-22-44-26-24-40-13-5-15-42-28-30-46(38)53(44)51(40)42/h1-5,8-9,12,14-15,19-25,27-30,49H,6-7,10-11,13,16-18,26,31-35H2. The number of carbonyl (C=O) groups is 2. The lowest BCUT2D eigenvalue weighted by Crippen LogP contribution is -2.12. The number of esters is 2. The smallest absolute Gasteiger partial charge is 0.305 e. The summed E-state index contributed by atoms with van der Waals surface area (Å²) in [6, 6.07) is 39.4.